The van der Waals surface area contributed by atoms with Crippen molar-refractivity contribution in [2.75, 3.05) is 12.5 Å². The number of pyridine rings is 2. The van der Waals surface area contributed by atoms with Crippen LogP contribution in [0.2, 0.25) is 0 Å². The fraction of sp³-hybridized carbons (Fsp3) is 0.0455. The van der Waals surface area contributed by atoms with E-state index in [0.29, 0.717) is 17.0 Å². The van der Waals surface area contributed by atoms with Gasteiger partial charge in [0.1, 0.15) is 5.75 Å². The van der Waals surface area contributed by atoms with Crippen molar-refractivity contribution in [2.45, 2.75) is 0 Å². The molecule has 8 nitrogen and oxygen atoms in total. The van der Waals surface area contributed by atoms with E-state index in [4.69, 9.17) is 4.74 Å². The Morgan fingerprint density at radius 1 is 1.10 bits per heavy atom. The molecule has 30 heavy (non-hydrogen) atoms. The number of rotatable bonds is 6. The van der Waals surface area contributed by atoms with Gasteiger partial charge in [-0.3, -0.25) is 15.5 Å². The summed E-state index contributed by atoms with van der Waals surface area (Å²) < 4.78 is 5.23. The number of aromatic nitrogens is 2. The molecule has 0 amide bonds. The number of non-ortho nitro benzene ring substituents is 1. The maximum absolute atomic E-state index is 10.9. The van der Waals surface area contributed by atoms with E-state index < -0.39 is 4.92 Å². The van der Waals surface area contributed by atoms with Crippen LogP contribution in [-0.2, 0) is 0 Å². The summed E-state index contributed by atoms with van der Waals surface area (Å²) in [6, 6.07) is 19.6. The van der Waals surface area contributed by atoms with Gasteiger partial charge in [-0.25, -0.2) is 9.97 Å². The molecule has 0 aliphatic heterocycles. The fourth-order valence-electron chi connectivity index (χ4n) is 2.97. The predicted octanol–water partition coefficient (Wildman–Crippen LogP) is 4.66. The number of nitrogens with zero attached hydrogens (tertiary/aromatic N) is 4. The molecule has 0 atom stereocenters. The number of anilines is 1. The summed E-state index contributed by atoms with van der Waals surface area (Å²) in [6.07, 6.45) is 3.19. The van der Waals surface area contributed by atoms with Gasteiger partial charge in [0.05, 0.1) is 18.2 Å². The number of nitro groups is 1. The maximum atomic E-state index is 10.9. The molecule has 2 heterocycles. The second-order valence-electron chi connectivity index (χ2n) is 6.39. The van der Waals surface area contributed by atoms with Gasteiger partial charge in [-0.05, 0) is 35.9 Å². The Morgan fingerprint density at radius 2 is 1.93 bits per heavy atom. The van der Waals surface area contributed by atoms with Crippen LogP contribution in [0.4, 0.5) is 11.5 Å². The standard InChI is InChI=1S/C22H17N5O3/c1-30-19-9-7-16(8-10-19)20-13-17-5-3-11-23-21(17)25-22(20)26-24-14-15-4-2-6-18(12-15)27(28)29/h2-14H,1H3,(H,23,25,26)/b24-14+. The fourth-order valence-corrected chi connectivity index (χ4v) is 2.97. The van der Waals surface area contributed by atoms with Gasteiger partial charge in [0.25, 0.3) is 5.69 Å². The van der Waals surface area contributed by atoms with E-state index in [2.05, 4.69) is 20.5 Å². The summed E-state index contributed by atoms with van der Waals surface area (Å²) in [5.74, 6) is 1.28. The lowest BCUT2D eigenvalue weighted by atomic mass is 10.0. The molecule has 0 radical (unpaired) electrons. The first-order chi connectivity index (χ1) is 14.6. The second-order valence-corrected chi connectivity index (χ2v) is 6.39. The van der Waals surface area contributed by atoms with Crippen molar-refractivity contribution in [3.63, 3.8) is 0 Å². The molecule has 0 unspecified atom stereocenters. The Morgan fingerprint density at radius 3 is 2.70 bits per heavy atom. The normalized spacial score (nSPS) is 11.0. The summed E-state index contributed by atoms with van der Waals surface area (Å²) in [6.45, 7) is 0. The van der Waals surface area contributed by atoms with Gasteiger partial charge < -0.3 is 4.74 Å². The zero-order valence-corrected chi connectivity index (χ0v) is 16.0. The lowest BCUT2D eigenvalue weighted by molar-refractivity contribution is -0.384. The predicted molar refractivity (Wildman–Crippen MR) is 116 cm³/mol. The molecular weight excluding hydrogens is 382 g/mol. The summed E-state index contributed by atoms with van der Waals surface area (Å²) in [5, 5.41) is 16.1. The molecule has 0 fully saturated rings. The lowest BCUT2D eigenvalue weighted by Gasteiger charge is -2.10. The second kappa shape index (κ2) is 8.36. The molecule has 4 rings (SSSR count). The summed E-state index contributed by atoms with van der Waals surface area (Å²) in [5.41, 5.74) is 5.91. The highest BCUT2D eigenvalue weighted by Crippen LogP contribution is 2.30. The minimum absolute atomic E-state index is 0.00546. The summed E-state index contributed by atoms with van der Waals surface area (Å²) in [7, 11) is 1.62. The van der Waals surface area contributed by atoms with Gasteiger partial charge in [0.15, 0.2) is 11.5 Å². The highest BCUT2D eigenvalue weighted by molar-refractivity contribution is 5.88. The molecule has 8 heteroatoms. The Labute approximate surface area is 172 Å². The van der Waals surface area contributed by atoms with Crippen molar-refractivity contribution in [3.05, 3.63) is 88.6 Å². The Hall–Kier alpha value is -4.33. The average molecular weight is 399 g/mol. The lowest BCUT2D eigenvalue weighted by Crippen LogP contribution is -1.98. The molecular formula is C22H17N5O3. The maximum Gasteiger partial charge on any atom is 0.270 e. The molecule has 0 spiro atoms. The van der Waals surface area contributed by atoms with Gasteiger partial charge >= 0.3 is 0 Å². The van der Waals surface area contributed by atoms with Crippen LogP contribution in [0, 0.1) is 10.1 Å². The molecule has 0 aliphatic carbocycles. The zero-order chi connectivity index (χ0) is 20.9. The third-order valence-electron chi connectivity index (χ3n) is 4.46. The SMILES string of the molecule is COc1ccc(-c2cc3cccnc3nc2N/N=C/c2cccc([N+](=O)[O-])c2)cc1. The molecule has 1 N–H and O–H groups in total. The van der Waals surface area contributed by atoms with Gasteiger partial charge in [-0.15, -0.1) is 0 Å². The smallest absolute Gasteiger partial charge is 0.270 e. The van der Waals surface area contributed by atoms with E-state index >= 15 is 0 Å². The summed E-state index contributed by atoms with van der Waals surface area (Å²) in [4.78, 5) is 19.4. The van der Waals surface area contributed by atoms with Gasteiger partial charge in [0, 0.05) is 34.8 Å². The molecule has 2 aromatic heterocycles. The third kappa shape index (κ3) is 4.07. The van der Waals surface area contributed by atoms with Crippen LogP contribution in [0.1, 0.15) is 5.56 Å². The number of methoxy groups -OCH3 is 1. The van der Waals surface area contributed by atoms with Crippen molar-refractivity contribution in [1.29, 1.82) is 0 Å². The van der Waals surface area contributed by atoms with Gasteiger partial charge in [-0.2, -0.15) is 5.10 Å². The largest absolute Gasteiger partial charge is 0.497 e. The first-order valence-electron chi connectivity index (χ1n) is 9.08. The minimum Gasteiger partial charge on any atom is -0.497 e. The van der Waals surface area contributed by atoms with Crippen molar-refractivity contribution < 1.29 is 9.66 Å². The van der Waals surface area contributed by atoms with E-state index in [-0.39, 0.29) is 5.69 Å². The van der Waals surface area contributed by atoms with Crippen molar-refractivity contribution in [2.24, 2.45) is 5.10 Å². The average Bonchev–Trinajstić information content (AvgIpc) is 2.79. The number of hydrogen-bond donors (Lipinski definition) is 1. The highest BCUT2D eigenvalue weighted by Gasteiger charge is 2.10. The number of ether oxygens (including phenoxy) is 1. The third-order valence-corrected chi connectivity index (χ3v) is 4.46. The molecule has 0 saturated carbocycles. The van der Waals surface area contributed by atoms with E-state index in [1.54, 1.807) is 25.4 Å². The number of hydrogen-bond acceptors (Lipinski definition) is 7. The zero-order valence-electron chi connectivity index (χ0n) is 16.0. The summed E-state index contributed by atoms with van der Waals surface area (Å²) >= 11 is 0. The molecule has 0 saturated heterocycles. The molecule has 0 bridgehead atoms. The first kappa shape index (κ1) is 19.0. The van der Waals surface area contributed by atoms with Gasteiger partial charge in [-0.1, -0.05) is 24.3 Å². The van der Waals surface area contributed by atoms with Crippen LogP contribution >= 0.6 is 0 Å². The minimum atomic E-state index is -0.441. The van der Waals surface area contributed by atoms with Gasteiger partial charge in [0.2, 0.25) is 0 Å². The van der Waals surface area contributed by atoms with Crippen LogP contribution in [0.25, 0.3) is 22.2 Å². The topological polar surface area (TPSA) is 103 Å². The van der Waals surface area contributed by atoms with Crippen molar-refractivity contribution in [1.82, 2.24) is 9.97 Å². The van der Waals surface area contributed by atoms with Crippen molar-refractivity contribution in [3.8, 4) is 16.9 Å². The molecule has 2 aromatic carbocycles. The van der Waals surface area contributed by atoms with Crippen LogP contribution in [0.3, 0.4) is 0 Å². The van der Waals surface area contributed by atoms with Crippen LogP contribution < -0.4 is 10.2 Å². The van der Waals surface area contributed by atoms with Crippen LogP contribution in [-0.4, -0.2) is 28.2 Å². The first-order valence-corrected chi connectivity index (χ1v) is 9.08. The van der Waals surface area contributed by atoms with E-state index in [9.17, 15) is 10.1 Å². The van der Waals surface area contributed by atoms with E-state index in [0.717, 1.165) is 22.3 Å². The monoisotopic (exact) mass is 399 g/mol. The van der Waals surface area contributed by atoms with Crippen molar-refractivity contribution >= 4 is 28.8 Å². The number of nitro benzene ring substituents is 1. The Kier molecular flexibility index (Phi) is 5.29. The Balaban J connectivity index is 1.69. The number of nitrogens with one attached hydrogen (secondary N) is 1. The number of hydrazone groups is 1. The Bertz CT molecular complexity index is 1240. The van der Waals surface area contributed by atoms with Crippen LogP contribution in [0.15, 0.2) is 78.0 Å². The quantitative estimate of drug-likeness (QED) is 0.287. The molecule has 4 aromatic rings. The highest BCUT2D eigenvalue weighted by atomic mass is 16.6. The van der Waals surface area contributed by atoms with E-state index in [1.165, 1.54) is 18.3 Å². The van der Waals surface area contributed by atoms with Crippen LogP contribution in [0.5, 0.6) is 5.75 Å². The number of benzene rings is 2. The number of fused-ring (bicyclic) bond motifs is 1. The molecule has 0 aliphatic rings. The van der Waals surface area contributed by atoms with E-state index in [1.807, 2.05) is 42.5 Å². The molecule has 148 valence electrons.